The summed E-state index contributed by atoms with van der Waals surface area (Å²) < 4.78 is 46.4. The van der Waals surface area contributed by atoms with E-state index in [9.17, 15) is 18.0 Å². The molecule has 0 saturated heterocycles. The fraction of sp³-hybridized carbons (Fsp3) is 0.286. The number of alkyl halides is 3. The molecule has 3 rings (SSSR count). The highest BCUT2D eigenvalue weighted by molar-refractivity contribution is 7.99. The Morgan fingerprint density at radius 2 is 1.94 bits per heavy atom. The highest BCUT2D eigenvalue weighted by Crippen LogP contribution is 2.34. The molecule has 11 heteroatoms. The molecule has 1 amide bonds. The molecule has 170 valence electrons. The smallest absolute Gasteiger partial charge is 0.416 e. The number of anilines is 1. The molecule has 0 aliphatic heterocycles. The van der Waals surface area contributed by atoms with Crippen LogP contribution in [0.1, 0.15) is 31.3 Å². The highest BCUT2D eigenvalue weighted by Gasteiger charge is 2.31. The van der Waals surface area contributed by atoms with Gasteiger partial charge in [0.15, 0.2) is 17.1 Å². The van der Waals surface area contributed by atoms with Crippen molar-refractivity contribution in [3.63, 3.8) is 0 Å². The number of carbonyl (C=O) groups excluding carboxylic acids is 1. The molecule has 1 heterocycles. The van der Waals surface area contributed by atoms with E-state index in [1.54, 1.807) is 0 Å². The topological polar surface area (TPSA) is 69.0 Å². The van der Waals surface area contributed by atoms with Gasteiger partial charge in [-0.15, -0.1) is 10.2 Å². The van der Waals surface area contributed by atoms with Gasteiger partial charge in [-0.25, -0.2) is 0 Å². The molecular weight excluding hydrogens is 465 g/mol. The number of carbonyl (C=O) groups is 1. The van der Waals surface area contributed by atoms with Crippen LogP contribution in [0.3, 0.4) is 0 Å². The predicted octanol–water partition coefficient (Wildman–Crippen LogP) is 5.84. The Morgan fingerprint density at radius 1 is 1.22 bits per heavy atom. The summed E-state index contributed by atoms with van der Waals surface area (Å²) in [6, 6.07) is 12.0. The largest absolute Gasteiger partial charge is 0.483 e. The van der Waals surface area contributed by atoms with Crippen LogP contribution in [0.4, 0.5) is 18.9 Å². The summed E-state index contributed by atoms with van der Waals surface area (Å²) in [6.07, 6.45) is -4.91. The molecule has 1 atom stereocenters. The lowest BCUT2D eigenvalue weighted by atomic mass is 10.2. The van der Waals surface area contributed by atoms with Crippen LogP contribution in [-0.2, 0) is 17.5 Å². The van der Waals surface area contributed by atoms with Crippen molar-refractivity contribution in [2.75, 3.05) is 11.1 Å². The lowest BCUT2D eigenvalue weighted by Gasteiger charge is -2.15. The predicted molar refractivity (Wildman–Crippen MR) is 117 cm³/mol. The molecule has 1 aromatic heterocycles. The second-order valence-corrected chi connectivity index (χ2v) is 8.04. The summed E-state index contributed by atoms with van der Waals surface area (Å²) in [5.41, 5.74) is -0.998. The van der Waals surface area contributed by atoms with E-state index in [1.807, 2.05) is 48.7 Å². The van der Waals surface area contributed by atoms with Gasteiger partial charge in [0.1, 0.15) is 5.75 Å². The number of amides is 1. The molecule has 1 N–H and O–H groups in total. The maximum Gasteiger partial charge on any atom is 0.416 e. The minimum absolute atomic E-state index is 0.0160. The van der Waals surface area contributed by atoms with Crippen LogP contribution >= 0.6 is 23.4 Å². The van der Waals surface area contributed by atoms with Gasteiger partial charge in [0.2, 0.25) is 5.91 Å². The molecule has 0 aliphatic carbocycles. The van der Waals surface area contributed by atoms with Crippen LogP contribution in [0.2, 0.25) is 5.02 Å². The molecule has 2 aromatic carbocycles. The molecule has 0 radical (unpaired) electrons. The van der Waals surface area contributed by atoms with E-state index in [0.717, 1.165) is 30.0 Å². The number of benzene rings is 2. The van der Waals surface area contributed by atoms with Crippen molar-refractivity contribution in [1.82, 2.24) is 14.8 Å². The van der Waals surface area contributed by atoms with Crippen molar-refractivity contribution >= 4 is 35.0 Å². The molecular formula is C21H20ClF3N4O2S. The maximum absolute atomic E-state index is 12.9. The van der Waals surface area contributed by atoms with E-state index in [0.29, 0.717) is 23.3 Å². The van der Waals surface area contributed by atoms with Crippen molar-refractivity contribution in [1.29, 1.82) is 0 Å². The Hall–Kier alpha value is -2.72. The molecule has 0 aliphatic rings. The van der Waals surface area contributed by atoms with Crippen molar-refractivity contribution in [2.24, 2.45) is 0 Å². The van der Waals surface area contributed by atoms with Crippen LogP contribution < -0.4 is 10.1 Å². The van der Waals surface area contributed by atoms with Crippen LogP contribution in [0.15, 0.2) is 53.7 Å². The first-order valence-corrected chi connectivity index (χ1v) is 11.0. The Kier molecular flexibility index (Phi) is 7.68. The minimum Gasteiger partial charge on any atom is -0.483 e. The number of nitrogens with one attached hydrogen (secondary N) is 1. The van der Waals surface area contributed by atoms with Gasteiger partial charge < -0.3 is 14.6 Å². The Balaban J connectivity index is 1.65. The van der Waals surface area contributed by atoms with E-state index >= 15 is 0 Å². The first-order chi connectivity index (χ1) is 15.2. The number of ether oxygens (including phenoxy) is 1. The number of nitrogens with zero attached hydrogens (tertiary/aromatic N) is 3. The van der Waals surface area contributed by atoms with Crippen LogP contribution in [-0.4, -0.2) is 26.4 Å². The molecule has 32 heavy (non-hydrogen) atoms. The highest BCUT2D eigenvalue weighted by atomic mass is 35.5. The monoisotopic (exact) mass is 484 g/mol. The van der Waals surface area contributed by atoms with Gasteiger partial charge in [0, 0.05) is 6.54 Å². The van der Waals surface area contributed by atoms with Crippen molar-refractivity contribution < 1.29 is 22.7 Å². The van der Waals surface area contributed by atoms with Gasteiger partial charge in [-0.3, -0.25) is 4.79 Å². The Bertz CT molecular complexity index is 1080. The molecule has 0 fully saturated rings. The summed E-state index contributed by atoms with van der Waals surface area (Å²) in [5.74, 6) is 0.688. The van der Waals surface area contributed by atoms with Gasteiger partial charge in [-0.1, -0.05) is 41.6 Å². The van der Waals surface area contributed by atoms with Gasteiger partial charge >= 0.3 is 6.18 Å². The average molecular weight is 485 g/mol. The minimum atomic E-state index is -4.54. The number of aromatic nitrogens is 3. The van der Waals surface area contributed by atoms with Crippen molar-refractivity contribution in [2.45, 2.75) is 37.8 Å². The molecule has 0 unspecified atom stereocenters. The van der Waals surface area contributed by atoms with E-state index < -0.39 is 17.6 Å². The molecule has 0 bridgehead atoms. The third-order valence-corrected chi connectivity index (χ3v) is 5.68. The summed E-state index contributed by atoms with van der Waals surface area (Å²) in [5, 5.41) is 11.3. The van der Waals surface area contributed by atoms with Gasteiger partial charge in [0.25, 0.3) is 0 Å². The number of hydrogen-bond acceptors (Lipinski definition) is 5. The summed E-state index contributed by atoms with van der Waals surface area (Å²) in [7, 11) is 0. The first kappa shape index (κ1) is 23.9. The fourth-order valence-electron chi connectivity index (χ4n) is 2.87. The van der Waals surface area contributed by atoms with E-state index in [1.165, 1.54) is 0 Å². The van der Waals surface area contributed by atoms with Crippen LogP contribution in [0, 0.1) is 0 Å². The number of para-hydroxylation sites is 1. The van der Waals surface area contributed by atoms with E-state index in [2.05, 4.69) is 15.5 Å². The number of thioether (sulfide) groups is 1. The fourth-order valence-corrected chi connectivity index (χ4v) is 3.85. The van der Waals surface area contributed by atoms with Crippen LogP contribution in [0.25, 0.3) is 0 Å². The molecule has 0 spiro atoms. The number of hydrogen-bond donors (Lipinski definition) is 1. The van der Waals surface area contributed by atoms with E-state index in [-0.39, 0.29) is 22.6 Å². The van der Waals surface area contributed by atoms with Crippen molar-refractivity contribution in [3.05, 3.63) is 64.9 Å². The van der Waals surface area contributed by atoms with Gasteiger partial charge in [-0.05, 0) is 44.2 Å². The lowest BCUT2D eigenvalue weighted by Crippen LogP contribution is -2.16. The zero-order valence-electron chi connectivity index (χ0n) is 17.2. The molecule has 0 saturated carbocycles. The number of rotatable bonds is 8. The summed E-state index contributed by atoms with van der Waals surface area (Å²) >= 11 is 7.05. The first-order valence-electron chi connectivity index (χ1n) is 9.63. The third-order valence-electron chi connectivity index (χ3n) is 4.38. The zero-order chi connectivity index (χ0) is 23.3. The summed E-state index contributed by atoms with van der Waals surface area (Å²) in [4.78, 5) is 12.3. The maximum atomic E-state index is 12.9. The molecule has 3 aromatic rings. The second-order valence-electron chi connectivity index (χ2n) is 6.69. The molecule has 6 nitrogen and oxygen atoms in total. The third kappa shape index (κ3) is 5.95. The second kappa shape index (κ2) is 10.3. The lowest BCUT2D eigenvalue weighted by molar-refractivity contribution is -0.137. The van der Waals surface area contributed by atoms with Crippen LogP contribution in [0.5, 0.6) is 5.75 Å². The van der Waals surface area contributed by atoms with Crippen molar-refractivity contribution in [3.8, 4) is 5.75 Å². The van der Waals surface area contributed by atoms with Gasteiger partial charge in [-0.2, -0.15) is 13.2 Å². The Morgan fingerprint density at radius 3 is 2.59 bits per heavy atom. The summed E-state index contributed by atoms with van der Waals surface area (Å²) in [6.45, 7) is 4.31. The zero-order valence-corrected chi connectivity index (χ0v) is 18.8. The Labute approximate surface area is 192 Å². The average Bonchev–Trinajstić information content (AvgIpc) is 3.17. The normalized spacial score (nSPS) is 12.4. The SMILES string of the molecule is CCn1c(SCC(=O)Nc2cc(C(F)(F)F)ccc2Cl)nnc1[C@H](C)Oc1ccccc1. The number of halogens is 4. The van der Waals surface area contributed by atoms with E-state index in [4.69, 9.17) is 16.3 Å². The standard InChI is InChI=1S/C21H20ClF3N4O2S/c1-3-29-19(13(2)31-15-7-5-4-6-8-15)27-28-20(29)32-12-18(30)26-17-11-14(21(23,24)25)9-10-16(17)22/h4-11,13H,3,12H2,1-2H3,(H,26,30)/t13-/m0/s1. The van der Waals surface area contributed by atoms with Gasteiger partial charge in [0.05, 0.1) is 22.0 Å². The quantitative estimate of drug-likeness (QED) is 0.407.